The third-order valence-electron chi connectivity index (χ3n) is 5.25. The quantitative estimate of drug-likeness (QED) is 0.439. The lowest BCUT2D eigenvalue weighted by Gasteiger charge is -2.18. The van der Waals surface area contributed by atoms with Crippen LogP contribution in [-0.2, 0) is 9.59 Å². The Labute approximate surface area is 165 Å². The number of carbonyl (C=O) groups excluding carboxylic acids is 2. The number of hydrogen-bond donors (Lipinski definition) is 3. The first-order valence-electron chi connectivity index (χ1n) is 9.08. The minimum Gasteiger partial charge on any atom is -0.504 e. The SMILES string of the molecule is O=C1C(O)=C(c2c[nH]c3ccccc23)C(=O)C(O)=C1c1ccc2ccccc2c1. The Morgan fingerprint density at radius 3 is 2.17 bits per heavy atom. The number of nitrogens with one attached hydrogen (secondary N) is 1. The fraction of sp³-hybridized carbons (Fsp3) is 0. The molecule has 29 heavy (non-hydrogen) atoms. The first-order valence-corrected chi connectivity index (χ1v) is 9.08. The van der Waals surface area contributed by atoms with Crippen LogP contribution >= 0.6 is 0 Å². The molecule has 5 heteroatoms. The van der Waals surface area contributed by atoms with Gasteiger partial charge in [-0.05, 0) is 28.5 Å². The lowest BCUT2D eigenvalue weighted by atomic mass is 9.85. The molecule has 140 valence electrons. The lowest BCUT2D eigenvalue weighted by Crippen LogP contribution is -2.22. The molecule has 0 fully saturated rings. The van der Waals surface area contributed by atoms with Crippen molar-refractivity contribution in [2.75, 3.05) is 0 Å². The molecule has 0 spiro atoms. The number of benzene rings is 3. The molecule has 0 radical (unpaired) electrons. The fourth-order valence-corrected chi connectivity index (χ4v) is 3.82. The van der Waals surface area contributed by atoms with Gasteiger partial charge in [-0.15, -0.1) is 0 Å². The summed E-state index contributed by atoms with van der Waals surface area (Å²) in [7, 11) is 0. The normalized spacial score (nSPS) is 15.0. The molecule has 0 aliphatic heterocycles. The highest BCUT2D eigenvalue weighted by Crippen LogP contribution is 2.37. The zero-order valence-corrected chi connectivity index (χ0v) is 15.1. The highest BCUT2D eigenvalue weighted by Gasteiger charge is 2.37. The Morgan fingerprint density at radius 2 is 1.34 bits per heavy atom. The van der Waals surface area contributed by atoms with Gasteiger partial charge >= 0.3 is 0 Å². The zero-order chi connectivity index (χ0) is 20.1. The fourth-order valence-electron chi connectivity index (χ4n) is 3.82. The molecule has 5 rings (SSSR count). The van der Waals surface area contributed by atoms with Crippen LogP contribution in [0.5, 0.6) is 0 Å². The van der Waals surface area contributed by atoms with Gasteiger partial charge in [0.2, 0.25) is 11.6 Å². The van der Waals surface area contributed by atoms with Gasteiger partial charge in [0.15, 0.2) is 11.5 Å². The number of H-pyrrole nitrogens is 1. The van der Waals surface area contributed by atoms with Crippen molar-refractivity contribution < 1.29 is 19.8 Å². The number of allylic oxidation sites excluding steroid dienone is 2. The van der Waals surface area contributed by atoms with Crippen molar-refractivity contribution >= 4 is 44.4 Å². The van der Waals surface area contributed by atoms with Crippen LogP contribution in [0.3, 0.4) is 0 Å². The molecule has 0 unspecified atom stereocenters. The molecule has 0 saturated heterocycles. The first-order chi connectivity index (χ1) is 14.1. The molecule has 3 N–H and O–H groups in total. The van der Waals surface area contributed by atoms with E-state index in [-0.39, 0.29) is 11.1 Å². The van der Waals surface area contributed by atoms with E-state index in [4.69, 9.17) is 0 Å². The molecule has 5 nitrogen and oxygen atoms in total. The number of fused-ring (bicyclic) bond motifs is 2. The van der Waals surface area contributed by atoms with Gasteiger partial charge in [-0.3, -0.25) is 9.59 Å². The summed E-state index contributed by atoms with van der Waals surface area (Å²) in [5.74, 6) is -2.89. The predicted molar refractivity (Wildman–Crippen MR) is 111 cm³/mol. The van der Waals surface area contributed by atoms with E-state index in [2.05, 4.69) is 4.98 Å². The standard InChI is InChI=1S/C24H15NO4/c26-21-19(15-10-9-13-5-1-2-6-14(13)11-15)22(27)24(29)20(23(21)28)17-12-25-18-8-4-3-7-16(17)18/h1-12,25-26,29H. The molecule has 0 atom stereocenters. The van der Waals surface area contributed by atoms with Crippen LogP contribution in [0.15, 0.2) is 84.4 Å². The van der Waals surface area contributed by atoms with Crippen LogP contribution in [0.4, 0.5) is 0 Å². The second kappa shape index (κ2) is 6.21. The average Bonchev–Trinajstić information content (AvgIpc) is 3.16. The largest absolute Gasteiger partial charge is 0.504 e. The first kappa shape index (κ1) is 17.0. The van der Waals surface area contributed by atoms with Gasteiger partial charge in [0.05, 0.1) is 11.1 Å². The smallest absolute Gasteiger partial charge is 0.232 e. The minimum absolute atomic E-state index is 0.193. The molecule has 0 bridgehead atoms. The number of carbonyl (C=O) groups is 2. The van der Waals surface area contributed by atoms with E-state index in [1.54, 1.807) is 36.5 Å². The highest BCUT2D eigenvalue weighted by atomic mass is 16.3. The van der Waals surface area contributed by atoms with Gasteiger partial charge in [0.1, 0.15) is 0 Å². The van der Waals surface area contributed by atoms with Crippen molar-refractivity contribution in [3.8, 4) is 0 Å². The molecule has 3 aromatic carbocycles. The Balaban J connectivity index is 1.67. The van der Waals surface area contributed by atoms with E-state index in [9.17, 15) is 19.8 Å². The number of rotatable bonds is 2. The Hall–Kier alpha value is -4.12. The van der Waals surface area contributed by atoms with E-state index in [1.807, 2.05) is 36.4 Å². The van der Waals surface area contributed by atoms with Crippen molar-refractivity contribution in [1.82, 2.24) is 4.98 Å². The second-order valence-electron chi connectivity index (χ2n) is 6.92. The van der Waals surface area contributed by atoms with Crippen molar-refractivity contribution in [2.45, 2.75) is 0 Å². The Kier molecular flexibility index (Phi) is 3.64. The van der Waals surface area contributed by atoms with Crippen LogP contribution in [0.2, 0.25) is 0 Å². The molecule has 4 aromatic rings. The van der Waals surface area contributed by atoms with Gasteiger partial charge in [-0.2, -0.15) is 0 Å². The van der Waals surface area contributed by atoms with E-state index in [0.717, 1.165) is 16.3 Å². The molecule has 1 aliphatic carbocycles. The van der Waals surface area contributed by atoms with E-state index in [1.165, 1.54) is 0 Å². The van der Waals surface area contributed by atoms with Crippen LogP contribution in [0.1, 0.15) is 11.1 Å². The topological polar surface area (TPSA) is 90.4 Å². The summed E-state index contributed by atoms with van der Waals surface area (Å²) in [6.07, 6.45) is 1.55. The van der Waals surface area contributed by atoms with E-state index < -0.39 is 23.1 Å². The molecule has 1 heterocycles. The average molecular weight is 381 g/mol. The minimum atomic E-state index is -0.782. The number of aliphatic hydroxyl groups is 2. The summed E-state index contributed by atoms with van der Waals surface area (Å²) in [6.45, 7) is 0. The van der Waals surface area contributed by atoms with Crippen molar-refractivity contribution in [2.24, 2.45) is 0 Å². The number of hydrogen-bond acceptors (Lipinski definition) is 4. The number of aliphatic hydroxyl groups excluding tert-OH is 2. The molecule has 0 amide bonds. The third kappa shape index (κ3) is 2.48. The van der Waals surface area contributed by atoms with Crippen LogP contribution in [0.25, 0.3) is 32.8 Å². The van der Waals surface area contributed by atoms with Crippen LogP contribution < -0.4 is 0 Å². The molecule has 1 aromatic heterocycles. The monoisotopic (exact) mass is 381 g/mol. The highest BCUT2D eigenvalue weighted by molar-refractivity contribution is 6.47. The van der Waals surface area contributed by atoms with Crippen LogP contribution in [0, 0.1) is 0 Å². The summed E-state index contributed by atoms with van der Waals surface area (Å²) in [4.78, 5) is 29.0. The van der Waals surface area contributed by atoms with Crippen molar-refractivity contribution in [1.29, 1.82) is 0 Å². The maximum atomic E-state index is 13.0. The number of para-hydroxylation sites is 1. The third-order valence-corrected chi connectivity index (χ3v) is 5.25. The van der Waals surface area contributed by atoms with Gasteiger partial charge in [0, 0.05) is 22.7 Å². The van der Waals surface area contributed by atoms with Crippen LogP contribution in [-0.4, -0.2) is 26.8 Å². The van der Waals surface area contributed by atoms with Gasteiger partial charge in [-0.1, -0.05) is 54.6 Å². The predicted octanol–water partition coefficient (Wildman–Crippen LogP) is 4.71. The Bertz CT molecular complexity index is 1400. The number of aromatic amines is 1. The summed E-state index contributed by atoms with van der Waals surface area (Å²) in [6, 6.07) is 20.0. The molecular formula is C24H15NO4. The number of Topliss-reactive ketones (excluding diaryl/α,β-unsaturated/α-hetero) is 2. The van der Waals surface area contributed by atoms with E-state index in [0.29, 0.717) is 16.5 Å². The lowest BCUT2D eigenvalue weighted by molar-refractivity contribution is -0.116. The number of aromatic nitrogens is 1. The zero-order valence-electron chi connectivity index (χ0n) is 15.1. The summed E-state index contributed by atoms with van der Waals surface area (Å²) in [5, 5.41) is 23.8. The van der Waals surface area contributed by atoms with Gasteiger partial charge in [0.25, 0.3) is 0 Å². The maximum Gasteiger partial charge on any atom is 0.232 e. The molecular weight excluding hydrogens is 366 g/mol. The summed E-state index contributed by atoms with van der Waals surface area (Å²) < 4.78 is 0. The van der Waals surface area contributed by atoms with Gasteiger partial charge in [-0.25, -0.2) is 0 Å². The summed E-state index contributed by atoms with van der Waals surface area (Å²) >= 11 is 0. The second-order valence-corrected chi connectivity index (χ2v) is 6.92. The van der Waals surface area contributed by atoms with Gasteiger partial charge < -0.3 is 15.2 Å². The van der Waals surface area contributed by atoms with Crippen molar-refractivity contribution in [3.05, 3.63) is 95.6 Å². The molecule has 0 saturated carbocycles. The maximum absolute atomic E-state index is 13.0. The molecule has 1 aliphatic rings. The summed E-state index contributed by atoms with van der Waals surface area (Å²) in [5.41, 5.74) is 1.12. The van der Waals surface area contributed by atoms with Crippen molar-refractivity contribution in [3.63, 3.8) is 0 Å². The Morgan fingerprint density at radius 1 is 0.690 bits per heavy atom. The van der Waals surface area contributed by atoms with E-state index >= 15 is 0 Å². The number of ketones is 2.